The molecule has 2 rings (SSSR count). The second kappa shape index (κ2) is 5.87. The van der Waals surface area contributed by atoms with Crippen molar-refractivity contribution in [2.45, 2.75) is 31.0 Å². The molecule has 94 valence electrons. The predicted octanol–water partition coefficient (Wildman–Crippen LogP) is 3.40. The van der Waals surface area contributed by atoms with E-state index in [0.29, 0.717) is 0 Å². The van der Waals surface area contributed by atoms with Gasteiger partial charge in [-0.15, -0.1) is 11.8 Å². The highest BCUT2D eigenvalue weighted by atomic mass is 32.2. The first-order valence-corrected chi connectivity index (χ1v) is 6.93. The summed E-state index contributed by atoms with van der Waals surface area (Å²) in [5.41, 5.74) is 0.759. The lowest BCUT2D eigenvalue weighted by Gasteiger charge is -2.05. The van der Waals surface area contributed by atoms with Crippen LogP contribution in [0.5, 0.6) is 0 Å². The molecule has 0 spiro atoms. The maximum atomic E-state index is 11.2. The number of carbonyl (C=O) groups excluding carboxylic acids is 1. The van der Waals surface area contributed by atoms with Gasteiger partial charge in [0.2, 0.25) is 0 Å². The molecule has 3 nitrogen and oxygen atoms in total. The average Bonchev–Trinajstić information content (AvgIpc) is 2.84. The van der Waals surface area contributed by atoms with Crippen molar-refractivity contribution in [3.63, 3.8) is 0 Å². The Bertz CT molecular complexity index is 531. The molecule has 0 aliphatic heterocycles. The van der Waals surface area contributed by atoms with Crippen molar-refractivity contribution < 1.29 is 4.79 Å². The van der Waals surface area contributed by atoms with Gasteiger partial charge in [0.1, 0.15) is 5.82 Å². The monoisotopic (exact) mass is 260 g/mol. The van der Waals surface area contributed by atoms with Crippen molar-refractivity contribution >= 4 is 17.5 Å². The summed E-state index contributed by atoms with van der Waals surface area (Å²) < 4.78 is 2.14. The molecule has 0 bridgehead atoms. The fourth-order valence-electron chi connectivity index (χ4n) is 1.70. The fraction of sp³-hybridized carbons (Fsp3) is 0.286. The number of ketones is 1. The molecule has 0 radical (unpaired) electrons. The number of aromatic nitrogens is 2. The summed E-state index contributed by atoms with van der Waals surface area (Å²) >= 11 is 1.73. The zero-order valence-electron chi connectivity index (χ0n) is 10.6. The van der Waals surface area contributed by atoms with E-state index in [0.717, 1.165) is 28.6 Å². The Hall–Kier alpha value is -1.55. The van der Waals surface area contributed by atoms with E-state index in [9.17, 15) is 4.79 Å². The van der Waals surface area contributed by atoms with Crippen LogP contribution in [0.15, 0.2) is 41.6 Å². The smallest absolute Gasteiger partial charge is 0.159 e. The molecular formula is C14H16N2OS. The summed E-state index contributed by atoms with van der Waals surface area (Å²) in [6.07, 6.45) is 3.83. The Labute approximate surface area is 111 Å². The minimum absolute atomic E-state index is 0.105. The van der Waals surface area contributed by atoms with Crippen LogP contribution in [0.2, 0.25) is 0 Å². The van der Waals surface area contributed by atoms with Crippen molar-refractivity contribution in [1.82, 2.24) is 9.55 Å². The SMILES string of the molecule is CCn1ccnc1CSc1ccc(C(C)=O)cc1. The zero-order valence-corrected chi connectivity index (χ0v) is 11.4. The standard InChI is InChI=1S/C14H16N2OS/c1-3-16-9-8-15-14(16)10-18-13-6-4-12(5-7-13)11(2)17/h4-9H,3,10H2,1-2H3. The molecule has 0 fully saturated rings. The second-order valence-corrected chi connectivity index (χ2v) is 5.05. The Morgan fingerprint density at radius 1 is 1.33 bits per heavy atom. The van der Waals surface area contributed by atoms with Gasteiger partial charge in [-0.05, 0) is 26.0 Å². The Morgan fingerprint density at radius 2 is 2.06 bits per heavy atom. The Morgan fingerprint density at radius 3 is 2.67 bits per heavy atom. The van der Waals surface area contributed by atoms with Crippen LogP contribution < -0.4 is 0 Å². The van der Waals surface area contributed by atoms with Gasteiger partial charge in [-0.25, -0.2) is 4.98 Å². The van der Waals surface area contributed by atoms with Crippen LogP contribution in [0, 0.1) is 0 Å². The van der Waals surface area contributed by atoms with Gasteiger partial charge in [0.25, 0.3) is 0 Å². The number of aryl methyl sites for hydroxylation is 1. The van der Waals surface area contributed by atoms with E-state index in [1.54, 1.807) is 18.7 Å². The number of Topliss-reactive ketones (excluding diaryl/α,β-unsaturated/α-hetero) is 1. The molecule has 0 unspecified atom stereocenters. The Kier molecular flexibility index (Phi) is 4.20. The van der Waals surface area contributed by atoms with Gasteiger partial charge in [0, 0.05) is 29.4 Å². The van der Waals surface area contributed by atoms with E-state index >= 15 is 0 Å². The third kappa shape index (κ3) is 3.01. The molecule has 18 heavy (non-hydrogen) atoms. The van der Waals surface area contributed by atoms with Gasteiger partial charge < -0.3 is 4.57 Å². The molecule has 0 N–H and O–H groups in total. The average molecular weight is 260 g/mol. The summed E-state index contributed by atoms with van der Waals surface area (Å²) in [4.78, 5) is 16.7. The first-order valence-electron chi connectivity index (χ1n) is 5.94. The number of hydrogen-bond acceptors (Lipinski definition) is 3. The van der Waals surface area contributed by atoms with Crippen molar-refractivity contribution in [3.05, 3.63) is 48.0 Å². The van der Waals surface area contributed by atoms with Crippen LogP contribution in [0.1, 0.15) is 30.0 Å². The van der Waals surface area contributed by atoms with Gasteiger partial charge in [-0.2, -0.15) is 0 Å². The topological polar surface area (TPSA) is 34.9 Å². The number of hydrogen-bond donors (Lipinski definition) is 0. The minimum atomic E-state index is 0.105. The Balaban J connectivity index is 2.00. The fourth-order valence-corrected chi connectivity index (χ4v) is 2.57. The van der Waals surface area contributed by atoms with Crippen molar-refractivity contribution in [2.75, 3.05) is 0 Å². The normalized spacial score (nSPS) is 10.6. The van der Waals surface area contributed by atoms with E-state index in [4.69, 9.17) is 0 Å². The molecule has 0 saturated heterocycles. The molecule has 4 heteroatoms. The highest BCUT2D eigenvalue weighted by Gasteiger charge is 2.03. The molecule has 1 aromatic heterocycles. The maximum Gasteiger partial charge on any atom is 0.159 e. The van der Waals surface area contributed by atoms with Crippen LogP contribution in [0.25, 0.3) is 0 Å². The zero-order chi connectivity index (χ0) is 13.0. The molecule has 0 aliphatic rings. The van der Waals surface area contributed by atoms with Crippen molar-refractivity contribution in [2.24, 2.45) is 0 Å². The second-order valence-electron chi connectivity index (χ2n) is 4.00. The van der Waals surface area contributed by atoms with Gasteiger partial charge in [0.05, 0.1) is 5.75 Å². The minimum Gasteiger partial charge on any atom is -0.335 e. The summed E-state index contributed by atoms with van der Waals surface area (Å²) in [7, 11) is 0. The van der Waals surface area contributed by atoms with Gasteiger partial charge in [0.15, 0.2) is 5.78 Å². The number of thioether (sulfide) groups is 1. The predicted molar refractivity (Wildman–Crippen MR) is 73.9 cm³/mol. The van der Waals surface area contributed by atoms with Crippen LogP contribution in [0.4, 0.5) is 0 Å². The molecule has 1 heterocycles. The van der Waals surface area contributed by atoms with Crippen LogP contribution in [-0.2, 0) is 12.3 Å². The highest BCUT2D eigenvalue weighted by Crippen LogP contribution is 2.22. The van der Waals surface area contributed by atoms with Crippen molar-refractivity contribution in [3.8, 4) is 0 Å². The van der Waals surface area contributed by atoms with E-state index in [-0.39, 0.29) is 5.78 Å². The first-order chi connectivity index (χ1) is 8.70. The number of benzene rings is 1. The largest absolute Gasteiger partial charge is 0.335 e. The number of carbonyl (C=O) groups is 1. The third-order valence-corrected chi connectivity index (χ3v) is 3.78. The molecule has 2 aromatic rings. The first kappa shape index (κ1) is 12.9. The summed E-state index contributed by atoms with van der Waals surface area (Å²) in [5, 5.41) is 0. The summed E-state index contributed by atoms with van der Waals surface area (Å²) in [6.45, 7) is 4.64. The molecule has 0 aliphatic carbocycles. The van der Waals surface area contributed by atoms with Gasteiger partial charge in [-0.1, -0.05) is 12.1 Å². The van der Waals surface area contributed by atoms with Crippen LogP contribution in [0.3, 0.4) is 0 Å². The van der Waals surface area contributed by atoms with E-state index in [1.807, 2.05) is 36.7 Å². The lowest BCUT2D eigenvalue weighted by Crippen LogP contribution is -1.98. The molecule has 0 amide bonds. The number of imidazole rings is 1. The molecule has 1 aromatic carbocycles. The molecular weight excluding hydrogens is 244 g/mol. The summed E-state index contributed by atoms with van der Waals surface area (Å²) in [5.74, 6) is 2.03. The van der Waals surface area contributed by atoms with Gasteiger partial charge in [-0.3, -0.25) is 4.79 Å². The lowest BCUT2D eigenvalue weighted by atomic mass is 10.2. The highest BCUT2D eigenvalue weighted by molar-refractivity contribution is 7.98. The van der Waals surface area contributed by atoms with E-state index < -0.39 is 0 Å². The lowest BCUT2D eigenvalue weighted by molar-refractivity contribution is 0.101. The quantitative estimate of drug-likeness (QED) is 0.610. The third-order valence-electron chi connectivity index (χ3n) is 2.77. The number of nitrogens with zero attached hydrogens (tertiary/aromatic N) is 2. The maximum absolute atomic E-state index is 11.2. The van der Waals surface area contributed by atoms with E-state index in [1.165, 1.54) is 0 Å². The van der Waals surface area contributed by atoms with Crippen LogP contribution >= 0.6 is 11.8 Å². The molecule has 0 saturated carbocycles. The van der Waals surface area contributed by atoms with Crippen LogP contribution in [-0.4, -0.2) is 15.3 Å². The van der Waals surface area contributed by atoms with Gasteiger partial charge >= 0.3 is 0 Å². The summed E-state index contributed by atoms with van der Waals surface area (Å²) in [6, 6.07) is 7.72. The van der Waals surface area contributed by atoms with E-state index in [2.05, 4.69) is 16.5 Å². The van der Waals surface area contributed by atoms with Crippen molar-refractivity contribution in [1.29, 1.82) is 0 Å². The number of rotatable bonds is 5. The molecule has 0 atom stereocenters.